The van der Waals surface area contributed by atoms with Gasteiger partial charge in [0, 0.05) is 12.4 Å². The van der Waals surface area contributed by atoms with Crippen molar-refractivity contribution in [2.24, 2.45) is 21.4 Å². The summed E-state index contributed by atoms with van der Waals surface area (Å²) in [6.45, 7) is 6.60. The number of dihydropyridines is 1. The lowest BCUT2D eigenvalue weighted by molar-refractivity contribution is 0.495. The summed E-state index contributed by atoms with van der Waals surface area (Å²) in [7, 11) is 0. The molecule has 3 heteroatoms. The fourth-order valence-electron chi connectivity index (χ4n) is 1.49. The molecule has 2 rings (SSSR count). The van der Waals surface area contributed by atoms with Crippen LogP contribution in [0, 0.1) is 11.3 Å². The Kier molecular flexibility index (Phi) is 1.75. The van der Waals surface area contributed by atoms with Gasteiger partial charge in [-0.15, -0.1) is 0 Å². The Morgan fingerprint density at radius 3 is 2.85 bits per heavy atom. The van der Waals surface area contributed by atoms with Gasteiger partial charge in [-0.3, -0.25) is 10.4 Å². The van der Waals surface area contributed by atoms with Crippen LogP contribution in [0.15, 0.2) is 21.7 Å². The molecule has 1 N–H and O–H groups in total. The van der Waals surface area contributed by atoms with Crippen LogP contribution < -0.4 is 5.43 Å². The minimum absolute atomic E-state index is 0.145. The standard InChI is InChI=1S/C10H15N3/c1-10(2,3)8-4-7-5-12-13-9(7)11-6-8/h4-7,9,13H,1-3H3. The maximum absolute atomic E-state index is 4.41. The molecule has 2 unspecified atom stereocenters. The van der Waals surface area contributed by atoms with Crippen molar-refractivity contribution in [2.75, 3.05) is 0 Å². The monoisotopic (exact) mass is 177 g/mol. The number of nitrogens with one attached hydrogen (secondary N) is 1. The van der Waals surface area contributed by atoms with Crippen molar-refractivity contribution < 1.29 is 0 Å². The zero-order valence-electron chi connectivity index (χ0n) is 8.28. The van der Waals surface area contributed by atoms with E-state index in [4.69, 9.17) is 0 Å². The first kappa shape index (κ1) is 8.48. The van der Waals surface area contributed by atoms with Crippen LogP contribution in [0.3, 0.4) is 0 Å². The second kappa shape index (κ2) is 2.69. The molecule has 0 radical (unpaired) electrons. The molecule has 0 aromatic carbocycles. The Labute approximate surface area is 78.6 Å². The number of hydrogen-bond acceptors (Lipinski definition) is 3. The highest BCUT2D eigenvalue weighted by molar-refractivity contribution is 5.84. The van der Waals surface area contributed by atoms with Gasteiger partial charge < -0.3 is 0 Å². The van der Waals surface area contributed by atoms with Crippen molar-refractivity contribution in [3.63, 3.8) is 0 Å². The van der Waals surface area contributed by atoms with Crippen LogP contribution in [0.2, 0.25) is 0 Å². The van der Waals surface area contributed by atoms with E-state index in [2.05, 4.69) is 42.4 Å². The van der Waals surface area contributed by atoms with E-state index >= 15 is 0 Å². The Hall–Kier alpha value is -1.12. The Bertz CT molecular complexity index is 294. The first-order valence-electron chi connectivity index (χ1n) is 4.61. The van der Waals surface area contributed by atoms with E-state index in [1.54, 1.807) is 0 Å². The number of allylic oxidation sites excluding steroid dienone is 1. The normalized spacial score (nSPS) is 31.2. The van der Waals surface area contributed by atoms with Gasteiger partial charge in [0.05, 0.1) is 5.92 Å². The van der Waals surface area contributed by atoms with Gasteiger partial charge in [0.2, 0.25) is 0 Å². The van der Waals surface area contributed by atoms with E-state index in [1.165, 1.54) is 5.57 Å². The highest BCUT2D eigenvalue weighted by atomic mass is 15.4. The van der Waals surface area contributed by atoms with Crippen molar-refractivity contribution in [1.29, 1.82) is 0 Å². The van der Waals surface area contributed by atoms with Crippen molar-refractivity contribution in [1.82, 2.24) is 5.43 Å². The molecule has 0 saturated carbocycles. The molecule has 70 valence electrons. The summed E-state index contributed by atoms with van der Waals surface area (Å²) < 4.78 is 0. The third kappa shape index (κ3) is 1.50. The van der Waals surface area contributed by atoms with Crippen LogP contribution in [0.25, 0.3) is 0 Å². The van der Waals surface area contributed by atoms with E-state index in [1.807, 2.05) is 12.4 Å². The van der Waals surface area contributed by atoms with Gasteiger partial charge in [0.1, 0.15) is 6.17 Å². The lowest BCUT2D eigenvalue weighted by Crippen LogP contribution is -2.29. The van der Waals surface area contributed by atoms with Gasteiger partial charge in [0.25, 0.3) is 0 Å². The molecule has 0 bridgehead atoms. The molecule has 2 heterocycles. The molecule has 0 fully saturated rings. The number of aliphatic imine (C=N–C) groups is 1. The smallest absolute Gasteiger partial charge is 0.145 e. The molecule has 0 aromatic heterocycles. The average Bonchev–Trinajstić information content (AvgIpc) is 2.47. The Morgan fingerprint density at radius 1 is 1.38 bits per heavy atom. The van der Waals surface area contributed by atoms with Gasteiger partial charge in [-0.25, -0.2) is 0 Å². The predicted molar refractivity (Wildman–Crippen MR) is 54.9 cm³/mol. The van der Waals surface area contributed by atoms with Gasteiger partial charge >= 0.3 is 0 Å². The Balaban J connectivity index is 2.24. The van der Waals surface area contributed by atoms with E-state index in [-0.39, 0.29) is 11.6 Å². The molecule has 0 aliphatic carbocycles. The summed E-state index contributed by atoms with van der Waals surface area (Å²) in [5, 5.41) is 4.01. The summed E-state index contributed by atoms with van der Waals surface area (Å²) in [5.41, 5.74) is 4.44. The highest BCUT2D eigenvalue weighted by Crippen LogP contribution is 2.28. The summed E-state index contributed by atoms with van der Waals surface area (Å²) in [6, 6.07) is 0. The summed E-state index contributed by atoms with van der Waals surface area (Å²) in [4.78, 5) is 4.41. The third-order valence-corrected chi connectivity index (χ3v) is 2.43. The molecule has 3 nitrogen and oxygen atoms in total. The molecule has 2 atom stereocenters. The van der Waals surface area contributed by atoms with E-state index in [9.17, 15) is 0 Å². The van der Waals surface area contributed by atoms with Crippen molar-refractivity contribution in [3.05, 3.63) is 11.6 Å². The second-order valence-corrected chi connectivity index (χ2v) is 4.58. The van der Waals surface area contributed by atoms with Crippen molar-refractivity contribution in [3.8, 4) is 0 Å². The number of hydrazone groups is 1. The van der Waals surface area contributed by atoms with Crippen LogP contribution in [0.4, 0.5) is 0 Å². The summed E-state index contributed by atoms with van der Waals surface area (Å²) in [5.74, 6) is 0.347. The third-order valence-electron chi connectivity index (χ3n) is 2.43. The fourth-order valence-corrected chi connectivity index (χ4v) is 1.49. The van der Waals surface area contributed by atoms with E-state index < -0.39 is 0 Å². The van der Waals surface area contributed by atoms with Crippen LogP contribution in [0.5, 0.6) is 0 Å². The average molecular weight is 177 g/mol. The molecule has 0 saturated heterocycles. The predicted octanol–water partition coefficient (Wildman–Crippen LogP) is 1.57. The van der Waals surface area contributed by atoms with Gasteiger partial charge in [-0.05, 0) is 11.0 Å². The second-order valence-electron chi connectivity index (χ2n) is 4.58. The van der Waals surface area contributed by atoms with Crippen LogP contribution in [-0.4, -0.2) is 18.6 Å². The first-order valence-corrected chi connectivity index (χ1v) is 4.61. The molecule has 2 aliphatic rings. The SMILES string of the molecule is CC(C)(C)C1=CC2C=NNC2N=C1. The number of nitrogens with zero attached hydrogens (tertiary/aromatic N) is 2. The number of hydrogen-bond donors (Lipinski definition) is 1. The zero-order chi connectivity index (χ0) is 9.47. The van der Waals surface area contributed by atoms with Crippen molar-refractivity contribution >= 4 is 12.4 Å². The van der Waals surface area contributed by atoms with E-state index in [0.717, 1.165) is 0 Å². The fraction of sp³-hybridized carbons (Fsp3) is 0.600. The van der Waals surface area contributed by atoms with Crippen LogP contribution in [-0.2, 0) is 0 Å². The van der Waals surface area contributed by atoms with Gasteiger partial charge in [-0.2, -0.15) is 5.10 Å². The molecule has 0 amide bonds. The number of fused-ring (bicyclic) bond motifs is 1. The lowest BCUT2D eigenvalue weighted by atomic mass is 9.83. The molecule has 13 heavy (non-hydrogen) atoms. The van der Waals surface area contributed by atoms with Crippen LogP contribution >= 0.6 is 0 Å². The molecule has 0 spiro atoms. The minimum atomic E-state index is 0.145. The maximum atomic E-state index is 4.41. The van der Waals surface area contributed by atoms with Gasteiger partial charge in [0.15, 0.2) is 0 Å². The van der Waals surface area contributed by atoms with E-state index in [0.29, 0.717) is 5.92 Å². The minimum Gasteiger partial charge on any atom is -0.285 e. The zero-order valence-corrected chi connectivity index (χ0v) is 8.28. The topological polar surface area (TPSA) is 36.8 Å². The molecular weight excluding hydrogens is 162 g/mol. The first-order chi connectivity index (χ1) is 6.07. The van der Waals surface area contributed by atoms with Crippen molar-refractivity contribution in [2.45, 2.75) is 26.9 Å². The quantitative estimate of drug-likeness (QED) is 0.599. The highest BCUT2D eigenvalue weighted by Gasteiger charge is 2.27. The lowest BCUT2D eigenvalue weighted by Gasteiger charge is -2.25. The largest absolute Gasteiger partial charge is 0.285 e. The number of rotatable bonds is 0. The summed E-state index contributed by atoms with van der Waals surface area (Å²) >= 11 is 0. The molecular formula is C10H15N3. The van der Waals surface area contributed by atoms with Gasteiger partial charge in [-0.1, -0.05) is 26.8 Å². The maximum Gasteiger partial charge on any atom is 0.145 e. The molecule has 2 aliphatic heterocycles. The summed E-state index contributed by atoms with van der Waals surface area (Å²) in [6.07, 6.45) is 6.28. The van der Waals surface area contributed by atoms with Crippen LogP contribution in [0.1, 0.15) is 20.8 Å². The molecule has 0 aromatic rings. The Morgan fingerprint density at radius 2 is 2.15 bits per heavy atom.